The predicted molar refractivity (Wildman–Crippen MR) is 67.1 cm³/mol. The Kier molecular flexibility index (Phi) is 4.49. The molecule has 1 heterocycles. The molecular formula is C12H20N4O3. The van der Waals surface area contributed by atoms with Crippen LogP contribution in [0.25, 0.3) is 0 Å². The van der Waals surface area contributed by atoms with Gasteiger partial charge in [-0.2, -0.15) is 5.10 Å². The first-order valence-electron chi connectivity index (χ1n) is 6.46. The van der Waals surface area contributed by atoms with Gasteiger partial charge in [-0.05, 0) is 26.2 Å². The van der Waals surface area contributed by atoms with Gasteiger partial charge in [0.25, 0.3) is 0 Å². The van der Waals surface area contributed by atoms with Crippen LogP contribution in [-0.4, -0.2) is 45.5 Å². The number of aromatic nitrogens is 3. The molecule has 0 aromatic carbocycles. The average molecular weight is 268 g/mol. The molecule has 1 aliphatic carbocycles. The highest BCUT2D eigenvalue weighted by Crippen LogP contribution is 2.26. The van der Waals surface area contributed by atoms with E-state index in [-0.39, 0.29) is 17.9 Å². The summed E-state index contributed by atoms with van der Waals surface area (Å²) >= 11 is 0. The molecule has 0 radical (unpaired) electrons. The quantitative estimate of drug-likeness (QED) is 0.708. The van der Waals surface area contributed by atoms with E-state index >= 15 is 0 Å². The number of hydrogen-bond acceptors (Lipinski definition) is 5. The number of aryl methyl sites for hydroxylation is 1. The molecule has 1 fully saturated rings. The van der Waals surface area contributed by atoms with E-state index < -0.39 is 6.10 Å². The molecule has 1 saturated carbocycles. The molecule has 19 heavy (non-hydrogen) atoms. The summed E-state index contributed by atoms with van der Waals surface area (Å²) in [7, 11) is 1.56. The van der Waals surface area contributed by atoms with Crippen LogP contribution in [0.2, 0.25) is 0 Å². The van der Waals surface area contributed by atoms with Crippen molar-refractivity contribution in [2.75, 3.05) is 7.11 Å². The van der Waals surface area contributed by atoms with Crippen molar-refractivity contribution in [1.29, 1.82) is 0 Å². The van der Waals surface area contributed by atoms with Gasteiger partial charge in [-0.3, -0.25) is 9.89 Å². The fourth-order valence-electron chi connectivity index (χ4n) is 2.38. The molecule has 0 spiro atoms. The van der Waals surface area contributed by atoms with Gasteiger partial charge in [-0.15, -0.1) is 0 Å². The number of nitrogens with zero attached hydrogens (tertiary/aromatic N) is 2. The van der Waals surface area contributed by atoms with Gasteiger partial charge in [-0.1, -0.05) is 0 Å². The van der Waals surface area contributed by atoms with Crippen molar-refractivity contribution in [3.63, 3.8) is 0 Å². The largest absolute Gasteiger partial charge is 0.390 e. The molecule has 1 aromatic rings. The highest BCUT2D eigenvalue weighted by atomic mass is 16.5. The second-order valence-corrected chi connectivity index (χ2v) is 4.91. The standard InChI is InChI=1S/C12H20N4O3/c1-7-14-11(16-15-7)6-13-12(18)8-3-4-9(17)10(5-8)19-2/h8-10,17H,3-6H2,1-2H3,(H,13,18)(H,14,15,16)/t8-,9+,10-/m1/s1. The Morgan fingerprint density at radius 1 is 1.58 bits per heavy atom. The van der Waals surface area contributed by atoms with E-state index in [2.05, 4.69) is 20.5 Å². The third-order valence-corrected chi connectivity index (χ3v) is 3.49. The summed E-state index contributed by atoms with van der Waals surface area (Å²) in [6.07, 6.45) is 1.10. The summed E-state index contributed by atoms with van der Waals surface area (Å²) in [5.41, 5.74) is 0. The minimum Gasteiger partial charge on any atom is -0.390 e. The van der Waals surface area contributed by atoms with Crippen LogP contribution < -0.4 is 5.32 Å². The molecule has 7 heteroatoms. The van der Waals surface area contributed by atoms with Gasteiger partial charge in [0.1, 0.15) is 5.82 Å². The monoisotopic (exact) mass is 268 g/mol. The van der Waals surface area contributed by atoms with Crippen molar-refractivity contribution in [2.45, 2.75) is 44.9 Å². The first-order valence-corrected chi connectivity index (χ1v) is 6.46. The third kappa shape index (κ3) is 3.51. The molecule has 0 saturated heterocycles. The summed E-state index contributed by atoms with van der Waals surface area (Å²) in [5.74, 6) is 1.15. The first-order chi connectivity index (χ1) is 9.10. The van der Waals surface area contributed by atoms with Crippen molar-refractivity contribution in [3.8, 4) is 0 Å². The van der Waals surface area contributed by atoms with E-state index in [1.54, 1.807) is 7.11 Å². The third-order valence-electron chi connectivity index (χ3n) is 3.49. The Hall–Kier alpha value is -1.47. The van der Waals surface area contributed by atoms with Crippen LogP contribution in [0.1, 0.15) is 30.9 Å². The maximum atomic E-state index is 12.0. The van der Waals surface area contributed by atoms with E-state index in [0.29, 0.717) is 31.6 Å². The summed E-state index contributed by atoms with van der Waals surface area (Å²) in [6, 6.07) is 0. The van der Waals surface area contributed by atoms with Gasteiger partial charge in [-0.25, -0.2) is 4.98 Å². The second kappa shape index (κ2) is 6.12. The summed E-state index contributed by atoms with van der Waals surface area (Å²) in [6.45, 7) is 2.13. The fraction of sp³-hybridized carbons (Fsp3) is 0.750. The molecule has 0 unspecified atom stereocenters. The molecule has 1 aromatic heterocycles. The minimum absolute atomic E-state index is 0.0311. The number of ether oxygens (including phenoxy) is 1. The van der Waals surface area contributed by atoms with Crippen molar-refractivity contribution >= 4 is 5.91 Å². The lowest BCUT2D eigenvalue weighted by Gasteiger charge is -2.31. The Morgan fingerprint density at radius 3 is 3.00 bits per heavy atom. The van der Waals surface area contributed by atoms with Gasteiger partial charge in [0.2, 0.25) is 5.91 Å². The number of carbonyl (C=O) groups is 1. The number of nitrogens with one attached hydrogen (secondary N) is 2. The van der Waals surface area contributed by atoms with Crippen molar-refractivity contribution in [3.05, 3.63) is 11.6 Å². The summed E-state index contributed by atoms with van der Waals surface area (Å²) in [4.78, 5) is 16.2. The van der Waals surface area contributed by atoms with Crippen LogP contribution in [0, 0.1) is 12.8 Å². The second-order valence-electron chi connectivity index (χ2n) is 4.91. The number of amides is 1. The van der Waals surface area contributed by atoms with Crippen molar-refractivity contribution < 1.29 is 14.6 Å². The zero-order valence-electron chi connectivity index (χ0n) is 11.2. The van der Waals surface area contributed by atoms with Crippen LogP contribution >= 0.6 is 0 Å². The summed E-state index contributed by atoms with van der Waals surface area (Å²) in [5, 5.41) is 19.2. The van der Waals surface area contributed by atoms with Crippen LogP contribution in [0.15, 0.2) is 0 Å². The molecule has 1 amide bonds. The number of rotatable bonds is 4. The van der Waals surface area contributed by atoms with Crippen LogP contribution in [-0.2, 0) is 16.1 Å². The Morgan fingerprint density at radius 2 is 2.37 bits per heavy atom. The molecule has 7 nitrogen and oxygen atoms in total. The van der Waals surface area contributed by atoms with E-state index in [1.165, 1.54) is 0 Å². The number of aromatic amines is 1. The van der Waals surface area contributed by atoms with Crippen LogP contribution in [0.3, 0.4) is 0 Å². The van der Waals surface area contributed by atoms with Gasteiger partial charge >= 0.3 is 0 Å². The lowest BCUT2D eigenvalue weighted by Crippen LogP contribution is -2.41. The number of methoxy groups -OCH3 is 1. The summed E-state index contributed by atoms with van der Waals surface area (Å²) < 4.78 is 5.19. The van der Waals surface area contributed by atoms with Gasteiger partial charge in [0, 0.05) is 13.0 Å². The number of aliphatic hydroxyl groups excluding tert-OH is 1. The first kappa shape index (κ1) is 14.0. The Bertz CT molecular complexity index is 434. The average Bonchev–Trinajstić information content (AvgIpc) is 2.82. The Balaban J connectivity index is 1.83. The normalized spacial score (nSPS) is 27.2. The van der Waals surface area contributed by atoms with E-state index in [1.807, 2.05) is 6.92 Å². The number of H-pyrrole nitrogens is 1. The lowest BCUT2D eigenvalue weighted by molar-refractivity contribution is -0.130. The SMILES string of the molecule is CO[C@@H]1C[C@H](C(=O)NCc2n[nH]c(C)n2)CC[C@@H]1O. The zero-order valence-corrected chi connectivity index (χ0v) is 11.2. The molecule has 2 rings (SSSR count). The molecule has 1 aliphatic rings. The molecule has 0 aliphatic heterocycles. The van der Waals surface area contributed by atoms with Gasteiger partial charge in [0.05, 0.1) is 18.8 Å². The number of carbonyl (C=O) groups excluding carboxylic acids is 1. The maximum absolute atomic E-state index is 12.0. The van der Waals surface area contributed by atoms with Gasteiger partial charge < -0.3 is 15.2 Å². The molecule has 0 bridgehead atoms. The minimum atomic E-state index is -0.468. The zero-order chi connectivity index (χ0) is 13.8. The molecule has 106 valence electrons. The predicted octanol–water partition coefficient (Wildman–Crippen LogP) is -0.0947. The molecule has 3 atom stereocenters. The van der Waals surface area contributed by atoms with Gasteiger partial charge in [0.15, 0.2) is 5.82 Å². The number of aliphatic hydroxyl groups is 1. The molecular weight excluding hydrogens is 248 g/mol. The maximum Gasteiger partial charge on any atom is 0.223 e. The highest BCUT2D eigenvalue weighted by Gasteiger charge is 2.32. The highest BCUT2D eigenvalue weighted by molar-refractivity contribution is 5.78. The Labute approximate surface area is 111 Å². The van der Waals surface area contributed by atoms with Crippen molar-refractivity contribution in [2.24, 2.45) is 5.92 Å². The fourth-order valence-corrected chi connectivity index (χ4v) is 2.38. The van der Waals surface area contributed by atoms with E-state index in [4.69, 9.17) is 4.74 Å². The smallest absolute Gasteiger partial charge is 0.223 e. The van der Waals surface area contributed by atoms with Crippen LogP contribution in [0.4, 0.5) is 0 Å². The van der Waals surface area contributed by atoms with E-state index in [0.717, 1.165) is 5.82 Å². The van der Waals surface area contributed by atoms with Crippen LogP contribution in [0.5, 0.6) is 0 Å². The van der Waals surface area contributed by atoms with Crippen molar-refractivity contribution in [1.82, 2.24) is 20.5 Å². The lowest BCUT2D eigenvalue weighted by atomic mass is 9.84. The molecule has 3 N–H and O–H groups in total. The van der Waals surface area contributed by atoms with E-state index in [9.17, 15) is 9.90 Å². The topological polar surface area (TPSA) is 100 Å². The number of hydrogen-bond donors (Lipinski definition) is 3.